The highest BCUT2D eigenvalue weighted by atomic mass is 35.5. The lowest BCUT2D eigenvalue weighted by Gasteiger charge is -2.10. The van der Waals surface area contributed by atoms with E-state index in [2.05, 4.69) is 10.0 Å². The summed E-state index contributed by atoms with van der Waals surface area (Å²) in [6.07, 6.45) is 1.04. The molecule has 5 nitrogen and oxygen atoms in total. The molecule has 7 heteroatoms. The molecule has 0 heterocycles. The van der Waals surface area contributed by atoms with Crippen molar-refractivity contribution in [1.82, 2.24) is 0 Å². The summed E-state index contributed by atoms with van der Waals surface area (Å²) in [5.41, 5.74) is 2.18. The molecule has 0 bridgehead atoms. The molecule has 2 aromatic carbocycles. The Morgan fingerprint density at radius 3 is 2.23 bits per heavy atom. The first-order valence-electron chi connectivity index (χ1n) is 6.40. The molecular weight excluding hydrogens is 324 g/mol. The summed E-state index contributed by atoms with van der Waals surface area (Å²) in [4.78, 5) is 12.3. The van der Waals surface area contributed by atoms with Gasteiger partial charge in [0.2, 0.25) is 10.0 Å². The zero-order chi connectivity index (χ0) is 16.3. The van der Waals surface area contributed by atoms with Crippen molar-refractivity contribution in [2.75, 3.05) is 16.3 Å². The van der Waals surface area contributed by atoms with Gasteiger partial charge in [-0.2, -0.15) is 0 Å². The minimum Gasteiger partial charge on any atom is -0.322 e. The van der Waals surface area contributed by atoms with Crippen LogP contribution in [0.1, 0.15) is 15.9 Å². The van der Waals surface area contributed by atoms with Gasteiger partial charge in [0, 0.05) is 11.4 Å². The molecule has 0 fully saturated rings. The van der Waals surface area contributed by atoms with E-state index in [0.717, 1.165) is 11.8 Å². The molecule has 116 valence electrons. The number of hydrogen-bond donors (Lipinski definition) is 2. The van der Waals surface area contributed by atoms with Crippen molar-refractivity contribution in [3.63, 3.8) is 0 Å². The van der Waals surface area contributed by atoms with Crippen LogP contribution in [0.15, 0.2) is 42.5 Å². The summed E-state index contributed by atoms with van der Waals surface area (Å²) in [6.45, 7) is 1.95. The lowest BCUT2D eigenvalue weighted by molar-refractivity contribution is 0.102. The Hall–Kier alpha value is -2.05. The number of hydrogen-bond acceptors (Lipinski definition) is 3. The molecule has 0 radical (unpaired) electrons. The third kappa shape index (κ3) is 4.47. The maximum atomic E-state index is 12.3. The number of carbonyl (C=O) groups excluding carboxylic acids is 1. The maximum absolute atomic E-state index is 12.3. The fraction of sp³-hybridized carbons (Fsp3) is 0.133. The summed E-state index contributed by atoms with van der Waals surface area (Å²) >= 11 is 6.02. The summed E-state index contributed by atoms with van der Waals surface area (Å²) in [6, 6.07) is 11.7. The molecule has 0 aliphatic heterocycles. The number of amides is 1. The Morgan fingerprint density at radius 2 is 1.64 bits per heavy atom. The van der Waals surface area contributed by atoms with Crippen LogP contribution in [-0.2, 0) is 10.0 Å². The van der Waals surface area contributed by atoms with Crippen LogP contribution < -0.4 is 10.0 Å². The van der Waals surface area contributed by atoms with E-state index in [4.69, 9.17) is 11.6 Å². The Balaban J connectivity index is 2.25. The van der Waals surface area contributed by atoms with Crippen molar-refractivity contribution >= 4 is 38.9 Å². The van der Waals surface area contributed by atoms with Crippen molar-refractivity contribution < 1.29 is 13.2 Å². The Kier molecular flexibility index (Phi) is 4.73. The number of benzene rings is 2. The number of rotatable bonds is 4. The number of sulfonamides is 1. The highest BCUT2D eigenvalue weighted by Crippen LogP contribution is 2.22. The maximum Gasteiger partial charge on any atom is 0.257 e. The van der Waals surface area contributed by atoms with Crippen molar-refractivity contribution in [1.29, 1.82) is 0 Å². The van der Waals surface area contributed by atoms with Crippen LogP contribution in [0.4, 0.5) is 11.4 Å². The van der Waals surface area contributed by atoms with Crippen molar-refractivity contribution in [3.8, 4) is 0 Å². The smallest absolute Gasteiger partial charge is 0.257 e. The number of aryl methyl sites for hydroxylation is 1. The van der Waals surface area contributed by atoms with E-state index >= 15 is 0 Å². The highest BCUT2D eigenvalue weighted by molar-refractivity contribution is 7.92. The minimum atomic E-state index is -3.42. The molecule has 2 rings (SSSR count). The molecule has 2 aromatic rings. The van der Waals surface area contributed by atoms with Crippen LogP contribution in [-0.4, -0.2) is 20.6 Å². The highest BCUT2D eigenvalue weighted by Gasteiger charge is 2.13. The monoisotopic (exact) mass is 338 g/mol. The van der Waals surface area contributed by atoms with Crippen LogP contribution in [0.2, 0.25) is 5.02 Å². The van der Waals surface area contributed by atoms with Gasteiger partial charge in [-0.05, 0) is 37.3 Å². The lowest BCUT2D eigenvalue weighted by atomic mass is 10.1. The van der Waals surface area contributed by atoms with Crippen molar-refractivity contribution in [2.45, 2.75) is 6.92 Å². The average Bonchev–Trinajstić information content (AvgIpc) is 2.42. The second-order valence-electron chi connectivity index (χ2n) is 4.89. The number of halogens is 1. The molecule has 0 saturated heterocycles. The molecule has 0 atom stereocenters. The molecular formula is C15H15ClN2O3S. The zero-order valence-corrected chi connectivity index (χ0v) is 13.6. The number of nitrogens with one attached hydrogen (secondary N) is 2. The van der Waals surface area contributed by atoms with Crippen LogP contribution in [0.3, 0.4) is 0 Å². The van der Waals surface area contributed by atoms with Crippen molar-refractivity contribution in [2.24, 2.45) is 0 Å². The third-order valence-electron chi connectivity index (χ3n) is 2.82. The molecule has 0 aliphatic carbocycles. The van der Waals surface area contributed by atoms with Gasteiger partial charge in [0.25, 0.3) is 5.91 Å². The minimum absolute atomic E-state index is 0.191. The van der Waals surface area contributed by atoms with Crippen LogP contribution in [0, 0.1) is 6.92 Å². The Morgan fingerprint density at radius 1 is 1.05 bits per heavy atom. The van der Waals surface area contributed by atoms with Gasteiger partial charge in [0.05, 0.1) is 16.8 Å². The molecule has 0 spiro atoms. The normalized spacial score (nSPS) is 11.0. The summed E-state index contributed by atoms with van der Waals surface area (Å²) < 4.78 is 24.8. The van der Waals surface area contributed by atoms with Crippen LogP contribution in [0.5, 0.6) is 0 Å². The quantitative estimate of drug-likeness (QED) is 0.898. The Bertz CT molecular complexity index is 802. The standard InChI is InChI=1S/C15H15ClN2O3S/c1-10-3-5-11(6-4-10)17-15(19)13-9-12(7-8-14(13)16)18-22(2,20)21/h3-9,18H,1-2H3,(H,17,19). The summed E-state index contributed by atoms with van der Waals surface area (Å²) in [5, 5.41) is 2.96. The predicted molar refractivity (Wildman–Crippen MR) is 89.1 cm³/mol. The van der Waals surface area contributed by atoms with Gasteiger partial charge in [-0.1, -0.05) is 29.3 Å². The van der Waals surface area contributed by atoms with Gasteiger partial charge in [-0.25, -0.2) is 8.42 Å². The Labute approximate surface area is 134 Å². The van der Waals surface area contributed by atoms with E-state index < -0.39 is 15.9 Å². The number of anilines is 2. The predicted octanol–water partition coefficient (Wildman–Crippen LogP) is 3.27. The fourth-order valence-corrected chi connectivity index (χ4v) is 2.57. The van der Waals surface area contributed by atoms with Gasteiger partial charge in [-0.3, -0.25) is 9.52 Å². The first kappa shape index (κ1) is 16.3. The van der Waals surface area contributed by atoms with E-state index in [9.17, 15) is 13.2 Å². The van der Waals surface area contributed by atoms with Gasteiger partial charge in [-0.15, -0.1) is 0 Å². The SMILES string of the molecule is Cc1ccc(NC(=O)c2cc(NS(C)(=O)=O)ccc2Cl)cc1. The second-order valence-corrected chi connectivity index (χ2v) is 7.04. The lowest BCUT2D eigenvalue weighted by Crippen LogP contribution is -2.14. The van der Waals surface area contributed by atoms with Gasteiger partial charge < -0.3 is 5.32 Å². The first-order chi connectivity index (χ1) is 10.2. The number of carbonyl (C=O) groups is 1. The molecule has 22 heavy (non-hydrogen) atoms. The zero-order valence-electron chi connectivity index (χ0n) is 12.1. The van der Waals surface area contributed by atoms with E-state index in [1.54, 1.807) is 12.1 Å². The first-order valence-corrected chi connectivity index (χ1v) is 8.67. The third-order valence-corrected chi connectivity index (χ3v) is 3.76. The molecule has 1 amide bonds. The molecule has 0 unspecified atom stereocenters. The summed E-state index contributed by atoms with van der Waals surface area (Å²) in [5.74, 6) is -0.411. The largest absolute Gasteiger partial charge is 0.322 e. The van der Waals surface area contributed by atoms with Gasteiger partial charge in [0.1, 0.15) is 0 Å². The second kappa shape index (κ2) is 6.37. The van der Waals surface area contributed by atoms with Crippen LogP contribution in [0.25, 0.3) is 0 Å². The van der Waals surface area contributed by atoms with E-state index in [1.165, 1.54) is 18.2 Å². The van der Waals surface area contributed by atoms with E-state index in [-0.39, 0.29) is 16.3 Å². The average molecular weight is 339 g/mol. The molecule has 0 aromatic heterocycles. The molecule has 0 aliphatic rings. The van der Waals surface area contributed by atoms with Gasteiger partial charge >= 0.3 is 0 Å². The van der Waals surface area contributed by atoms with Gasteiger partial charge in [0.15, 0.2) is 0 Å². The topological polar surface area (TPSA) is 75.3 Å². The molecule has 0 saturated carbocycles. The van der Waals surface area contributed by atoms with E-state index in [1.807, 2.05) is 19.1 Å². The van der Waals surface area contributed by atoms with Crippen molar-refractivity contribution in [3.05, 3.63) is 58.6 Å². The summed E-state index contributed by atoms with van der Waals surface area (Å²) in [7, 11) is -3.42. The molecule has 2 N–H and O–H groups in total. The fourth-order valence-electron chi connectivity index (χ4n) is 1.81. The van der Waals surface area contributed by atoms with E-state index in [0.29, 0.717) is 5.69 Å². The van der Waals surface area contributed by atoms with Crippen LogP contribution >= 0.6 is 11.6 Å².